The fraction of sp³-hybridized carbons (Fsp3) is 0.440. The van der Waals surface area contributed by atoms with E-state index in [2.05, 4.69) is 18.2 Å². The normalized spacial score (nSPS) is 23.1. The second-order valence-corrected chi connectivity index (χ2v) is 9.16. The van der Waals surface area contributed by atoms with Crippen molar-refractivity contribution in [3.05, 3.63) is 62.9 Å². The summed E-state index contributed by atoms with van der Waals surface area (Å²) in [7, 11) is 0. The first-order chi connectivity index (χ1) is 14.6. The third-order valence-corrected chi connectivity index (χ3v) is 7.01. The number of hydrogen-bond acceptors (Lipinski definition) is 3. The molecular weight excluding hydrogens is 417 g/mol. The SMILES string of the molecule is CCOC(=O)CC1CCCC(C2c3ccc(Cl)cc3C=Cc3c(Cl)ccnc32)CC1. The number of halogens is 2. The lowest BCUT2D eigenvalue weighted by molar-refractivity contribution is -0.144. The van der Waals surface area contributed by atoms with E-state index in [9.17, 15) is 4.79 Å². The maximum Gasteiger partial charge on any atom is 0.306 e. The second kappa shape index (κ2) is 9.53. The Hall–Kier alpha value is -1.84. The van der Waals surface area contributed by atoms with Gasteiger partial charge in [-0.15, -0.1) is 0 Å². The zero-order valence-electron chi connectivity index (χ0n) is 17.2. The van der Waals surface area contributed by atoms with Crippen LogP contribution < -0.4 is 0 Å². The quantitative estimate of drug-likeness (QED) is 0.371. The van der Waals surface area contributed by atoms with Crippen molar-refractivity contribution >= 4 is 41.3 Å². The Bertz CT molecular complexity index is 956. The van der Waals surface area contributed by atoms with Gasteiger partial charge in [-0.3, -0.25) is 9.78 Å². The van der Waals surface area contributed by atoms with E-state index in [0.717, 1.165) is 59.0 Å². The van der Waals surface area contributed by atoms with Crippen LogP contribution in [0, 0.1) is 11.8 Å². The second-order valence-electron chi connectivity index (χ2n) is 8.32. The molecule has 0 aliphatic heterocycles. The molecule has 0 radical (unpaired) electrons. The predicted octanol–water partition coefficient (Wildman–Crippen LogP) is 7.15. The van der Waals surface area contributed by atoms with Gasteiger partial charge in [0.15, 0.2) is 0 Å². The van der Waals surface area contributed by atoms with Crippen LogP contribution in [0.1, 0.15) is 73.8 Å². The fourth-order valence-electron chi connectivity index (χ4n) is 5.05. The minimum Gasteiger partial charge on any atom is -0.466 e. The zero-order chi connectivity index (χ0) is 21.1. The van der Waals surface area contributed by atoms with Crippen LogP contribution in [0.3, 0.4) is 0 Å². The standard InChI is InChI=1S/C25H27Cl2NO2/c1-2-30-23(29)14-16-4-3-5-17(7-6-16)24-20-11-9-19(26)15-18(20)8-10-21-22(27)12-13-28-25(21)24/h8-13,15-17,24H,2-7,14H2,1H3. The lowest BCUT2D eigenvalue weighted by atomic mass is 9.77. The largest absolute Gasteiger partial charge is 0.466 e. The third kappa shape index (κ3) is 4.58. The molecule has 0 spiro atoms. The molecule has 2 aliphatic rings. The fourth-order valence-corrected chi connectivity index (χ4v) is 5.45. The Kier molecular flexibility index (Phi) is 6.80. The van der Waals surface area contributed by atoms with Crippen LogP contribution in [-0.4, -0.2) is 17.6 Å². The summed E-state index contributed by atoms with van der Waals surface area (Å²) in [5, 5.41) is 1.46. The Morgan fingerprint density at radius 1 is 1.13 bits per heavy atom. The van der Waals surface area contributed by atoms with Gasteiger partial charge in [0.05, 0.1) is 17.3 Å². The molecule has 4 rings (SSSR count). The topological polar surface area (TPSA) is 39.2 Å². The van der Waals surface area contributed by atoms with E-state index in [-0.39, 0.29) is 11.9 Å². The molecule has 0 amide bonds. The number of carbonyl (C=O) groups excluding carboxylic acids is 1. The molecule has 0 N–H and O–H groups in total. The predicted molar refractivity (Wildman–Crippen MR) is 123 cm³/mol. The van der Waals surface area contributed by atoms with Gasteiger partial charge < -0.3 is 4.74 Å². The number of fused-ring (bicyclic) bond motifs is 2. The Morgan fingerprint density at radius 2 is 2.00 bits per heavy atom. The molecule has 3 unspecified atom stereocenters. The first kappa shape index (κ1) is 21.4. The van der Waals surface area contributed by atoms with Crippen LogP contribution >= 0.6 is 23.2 Å². The van der Waals surface area contributed by atoms with Gasteiger partial charge in [0.25, 0.3) is 0 Å². The van der Waals surface area contributed by atoms with Crippen molar-refractivity contribution in [3.63, 3.8) is 0 Å². The molecule has 0 bridgehead atoms. The molecule has 2 aliphatic carbocycles. The smallest absolute Gasteiger partial charge is 0.306 e. The number of hydrogen-bond donors (Lipinski definition) is 0. The van der Waals surface area contributed by atoms with E-state index in [4.69, 9.17) is 32.9 Å². The maximum atomic E-state index is 12.0. The lowest BCUT2D eigenvalue weighted by Crippen LogP contribution is -2.17. The summed E-state index contributed by atoms with van der Waals surface area (Å²) in [4.78, 5) is 16.8. The third-order valence-electron chi connectivity index (χ3n) is 6.44. The van der Waals surface area contributed by atoms with Gasteiger partial charge in [0.1, 0.15) is 0 Å². The molecule has 3 nitrogen and oxygen atoms in total. The number of pyridine rings is 1. The van der Waals surface area contributed by atoms with Crippen molar-refractivity contribution in [2.24, 2.45) is 11.8 Å². The van der Waals surface area contributed by atoms with Crippen LogP contribution in [0.25, 0.3) is 12.2 Å². The molecule has 0 saturated heterocycles. The molecule has 30 heavy (non-hydrogen) atoms. The summed E-state index contributed by atoms with van der Waals surface area (Å²) in [6, 6.07) is 8.00. The minimum atomic E-state index is -0.0709. The highest BCUT2D eigenvalue weighted by atomic mass is 35.5. The van der Waals surface area contributed by atoms with Gasteiger partial charge >= 0.3 is 5.97 Å². The summed E-state index contributed by atoms with van der Waals surface area (Å²) in [5.74, 6) is 0.942. The number of aromatic nitrogens is 1. The molecule has 1 saturated carbocycles. The monoisotopic (exact) mass is 443 g/mol. The molecule has 2 aromatic rings. The first-order valence-electron chi connectivity index (χ1n) is 10.8. The number of esters is 1. The summed E-state index contributed by atoms with van der Waals surface area (Å²) in [5.41, 5.74) is 4.45. The van der Waals surface area contributed by atoms with Crippen molar-refractivity contribution in [3.8, 4) is 0 Å². The summed E-state index contributed by atoms with van der Waals surface area (Å²) < 4.78 is 5.18. The van der Waals surface area contributed by atoms with E-state index in [0.29, 0.717) is 24.9 Å². The summed E-state index contributed by atoms with van der Waals surface area (Å²) in [6.45, 7) is 2.31. The van der Waals surface area contributed by atoms with E-state index >= 15 is 0 Å². The van der Waals surface area contributed by atoms with Gasteiger partial charge in [0, 0.05) is 29.1 Å². The lowest BCUT2D eigenvalue weighted by Gasteiger charge is -2.28. The van der Waals surface area contributed by atoms with E-state index in [1.807, 2.05) is 31.3 Å². The number of benzene rings is 1. The number of ether oxygens (including phenoxy) is 1. The Morgan fingerprint density at radius 3 is 2.83 bits per heavy atom. The summed E-state index contributed by atoms with van der Waals surface area (Å²) >= 11 is 12.9. The molecule has 1 aromatic carbocycles. The number of rotatable bonds is 4. The average Bonchev–Trinajstić information content (AvgIpc) is 3.03. The molecule has 1 aromatic heterocycles. The zero-order valence-corrected chi connectivity index (χ0v) is 18.8. The molecule has 3 atom stereocenters. The van der Waals surface area contributed by atoms with Gasteiger partial charge in [-0.2, -0.15) is 0 Å². The van der Waals surface area contributed by atoms with Crippen molar-refractivity contribution in [1.29, 1.82) is 0 Å². The van der Waals surface area contributed by atoms with E-state index < -0.39 is 0 Å². The van der Waals surface area contributed by atoms with E-state index in [1.165, 1.54) is 5.56 Å². The van der Waals surface area contributed by atoms with Gasteiger partial charge in [-0.1, -0.05) is 47.8 Å². The summed E-state index contributed by atoms with van der Waals surface area (Å²) in [6.07, 6.45) is 11.9. The van der Waals surface area contributed by atoms with Gasteiger partial charge in [-0.05, 0) is 73.8 Å². The van der Waals surface area contributed by atoms with Crippen molar-refractivity contribution in [2.45, 2.75) is 51.4 Å². The molecule has 1 fully saturated rings. The Balaban J connectivity index is 1.66. The van der Waals surface area contributed by atoms with Gasteiger partial charge in [0.2, 0.25) is 0 Å². The van der Waals surface area contributed by atoms with Crippen LogP contribution in [-0.2, 0) is 9.53 Å². The number of carbonyl (C=O) groups is 1. The molecule has 1 heterocycles. The molecule has 5 heteroatoms. The van der Waals surface area contributed by atoms with Crippen LogP contribution in [0.15, 0.2) is 30.5 Å². The first-order valence-corrected chi connectivity index (χ1v) is 11.6. The highest BCUT2D eigenvalue weighted by molar-refractivity contribution is 6.32. The van der Waals surface area contributed by atoms with E-state index in [1.54, 1.807) is 0 Å². The number of nitrogens with zero attached hydrogens (tertiary/aromatic N) is 1. The molecular formula is C25H27Cl2NO2. The highest BCUT2D eigenvalue weighted by Gasteiger charge is 2.33. The van der Waals surface area contributed by atoms with Crippen molar-refractivity contribution in [2.75, 3.05) is 6.61 Å². The average molecular weight is 444 g/mol. The minimum absolute atomic E-state index is 0.0709. The van der Waals surface area contributed by atoms with Crippen molar-refractivity contribution < 1.29 is 9.53 Å². The Labute approximate surface area is 188 Å². The van der Waals surface area contributed by atoms with Crippen LogP contribution in [0.4, 0.5) is 0 Å². The molecule has 158 valence electrons. The van der Waals surface area contributed by atoms with Crippen molar-refractivity contribution in [1.82, 2.24) is 4.98 Å². The highest BCUT2D eigenvalue weighted by Crippen LogP contribution is 2.46. The van der Waals surface area contributed by atoms with Crippen LogP contribution in [0.2, 0.25) is 10.0 Å². The van der Waals surface area contributed by atoms with Gasteiger partial charge in [-0.25, -0.2) is 0 Å². The maximum absolute atomic E-state index is 12.0. The van der Waals surface area contributed by atoms with Crippen LogP contribution in [0.5, 0.6) is 0 Å².